The van der Waals surface area contributed by atoms with E-state index in [9.17, 15) is 14.7 Å². The number of rotatable bonds is 5. The van der Waals surface area contributed by atoms with Crippen molar-refractivity contribution in [2.45, 2.75) is 31.2 Å². The lowest BCUT2D eigenvalue weighted by Crippen LogP contribution is -2.49. The molecule has 39 heavy (non-hydrogen) atoms. The molecule has 0 bridgehead atoms. The van der Waals surface area contributed by atoms with E-state index < -0.39 is 0 Å². The van der Waals surface area contributed by atoms with E-state index in [1.165, 1.54) is 6.33 Å². The zero-order valence-corrected chi connectivity index (χ0v) is 21.9. The normalized spacial score (nSPS) is 19.3. The number of nitrogens with one attached hydrogen (secondary N) is 1. The molecule has 2 N–H and O–H groups in total. The molecule has 2 aromatic carbocycles. The molecule has 10 nitrogen and oxygen atoms in total. The van der Waals surface area contributed by atoms with E-state index in [1.807, 2.05) is 47.4 Å². The van der Waals surface area contributed by atoms with Crippen LogP contribution in [0, 0.1) is 0 Å². The first-order chi connectivity index (χ1) is 19.1. The number of nitrogens with zero attached hydrogens (tertiary/aromatic N) is 5. The van der Waals surface area contributed by atoms with Crippen molar-refractivity contribution in [1.82, 2.24) is 14.9 Å². The van der Waals surface area contributed by atoms with Gasteiger partial charge in [-0.25, -0.2) is 14.8 Å². The number of carbonyl (C=O) groups excluding carboxylic acids is 2. The number of urea groups is 1. The molecule has 10 heteroatoms. The van der Waals surface area contributed by atoms with Gasteiger partial charge in [0.1, 0.15) is 23.6 Å². The summed E-state index contributed by atoms with van der Waals surface area (Å²) >= 11 is 0. The molecular weight excluding hydrogens is 496 g/mol. The van der Waals surface area contributed by atoms with Crippen LogP contribution in [-0.4, -0.2) is 77.9 Å². The number of methoxy groups -OCH3 is 1. The summed E-state index contributed by atoms with van der Waals surface area (Å²) in [4.78, 5) is 41.0. The third kappa shape index (κ3) is 4.76. The number of para-hydroxylation sites is 1. The van der Waals surface area contributed by atoms with Gasteiger partial charge in [-0.3, -0.25) is 4.79 Å². The van der Waals surface area contributed by atoms with Gasteiger partial charge in [0, 0.05) is 55.6 Å². The number of hydrogen-bond donors (Lipinski definition) is 2. The molecule has 3 amide bonds. The van der Waals surface area contributed by atoms with Crippen molar-refractivity contribution in [2.24, 2.45) is 0 Å². The van der Waals surface area contributed by atoms with Gasteiger partial charge in [-0.1, -0.05) is 18.2 Å². The lowest BCUT2D eigenvalue weighted by molar-refractivity contribution is 0.0981. The smallest absolute Gasteiger partial charge is 0.322 e. The summed E-state index contributed by atoms with van der Waals surface area (Å²) in [7, 11) is 1.64. The minimum Gasteiger partial charge on any atom is -0.497 e. The van der Waals surface area contributed by atoms with Gasteiger partial charge in [0.25, 0.3) is 5.91 Å². The molecule has 202 valence electrons. The maximum Gasteiger partial charge on any atom is 0.322 e. The van der Waals surface area contributed by atoms with E-state index >= 15 is 0 Å². The lowest BCUT2D eigenvalue weighted by atomic mass is 10.0. The first-order valence-corrected chi connectivity index (χ1v) is 13.4. The van der Waals surface area contributed by atoms with Gasteiger partial charge in [0.05, 0.1) is 13.7 Å². The van der Waals surface area contributed by atoms with Crippen molar-refractivity contribution in [3.05, 3.63) is 71.7 Å². The molecule has 0 saturated carbocycles. The summed E-state index contributed by atoms with van der Waals surface area (Å²) in [6, 6.07) is 15.2. The SMILES string of the molecule is COc1ccc2c(c1)CCN(C1CCN(c3cc(C(=O)N4CC(CO)c5ccccc54)ncn3)CC1)C(=O)N2. The zero-order valence-electron chi connectivity index (χ0n) is 21.9. The molecule has 0 aliphatic carbocycles. The van der Waals surface area contributed by atoms with Crippen molar-refractivity contribution >= 4 is 29.1 Å². The van der Waals surface area contributed by atoms with Gasteiger partial charge in [0.2, 0.25) is 0 Å². The zero-order chi connectivity index (χ0) is 26.9. The number of aliphatic hydroxyl groups is 1. The molecule has 1 saturated heterocycles. The molecule has 4 heterocycles. The maximum absolute atomic E-state index is 13.4. The number of fused-ring (bicyclic) bond motifs is 2. The highest BCUT2D eigenvalue weighted by Gasteiger charge is 2.34. The van der Waals surface area contributed by atoms with Crippen molar-refractivity contribution in [3.8, 4) is 5.75 Å². The van der Waals surface area contributed by atoms with Gasteiger partial charge in [-0.15, -0.1) is 0 Å². The summed E-state index contributed by atoms with van der Waals surface area (Å²) in [5.74, 6) is 1.19. The molecule has 1 fully saturated rings. The predicted molar refractivity (Wildman–Crippen MR) is 148 cm³/mol. The molecular formula is C29H32N6O4. The molecule has 0 spiro atoms. The van der Waals surface area contributed by atoms with Gasteiger partial charge in [-0.05, 0) is 54.7 Å². The van der Waals surface area contributed by atoms with Crippen LogP contribution in [0.3, 0.4) is 0 Å². The number of hydrogen-bond acceptors (Lipinski definition) is 7. The average molecular weight is 529 g/mol. The van der Waals surface area contributed by atoms with Gasteiger partial charge < -0.3 is 29.9 Å². The number of piperidine rings is 1. The fourth-order valence-corrected chi connectivity index (χ4v) is 5.93. The minimum atomic E-state index is -0.200. The number of aromatic nitrogens is 2. The van der Waals surface area contributed by atoms with Gasteiger partial charge >= 0.3 is 6.03 Å². The van der Waals surface area contributed by atoms with Crippen molar-refractivity contribution in [1.29, 1.82) is 0 Å². The van der Waals surface area contributed by atoms with E-state index in [0.29, 0.717) is 24.6 Å². The Morgan fingerprint density at radius 3 is 2.72 bits per heavy atom. The summed E-state index contributed by atoms with van der Waals surface area (Å²) in [5, 5.41) is 12.9. The standard InChI is InChI=1S/C29H32N6O4/c1-39-22-6-7-24-19(14-22)8-13-34(29(38)32-24)21-9-11-33(12-10-21)27-15-25(30-18-31-27)28(37)35-16-20(17-36)23-4-2-3-5-26(23)35/h2-7,14-15,18,20-21,36H,8-13,16-17H2,1H3,(H,32,38). The van der Waals surface area contributed by atoms with Crippen LogP contribution in [0.25, 0.3) is 0 Å². The molecule has 3 aliphatic rings. The van der Waals surface area contributed by atoms with Gasteiger partial charge in [-0.2, -0.15) is 0 Å². The Bertz CT molecular complexity index is 1390. The van der Waals surface area contributed by atoms with E-state index in [4.69, 9.17) is 4.74 Å². The fraction of sp³-hybridized carbons (Fsp3) is 0.379. The lowest BCUT2D eigenvalue weighted by Gasteiger charge is -2.38. The molecule has 1 aromatic heterocycles. The highest BCUT2D eigenvalue weighted by atomic mass is 16.5. The fourth-order valence-electron chi connectivity index (χ4n) is 5.93. The van der Waals surface area contributed by atoms with Crippen molar-refractivity contribution < 1.29 is 19.4 Å². The molecule has 0 radical (unpaired) electrons. The Labute approximate surface area is 227 Å². The first-order valence-electron chi connectivity index (χ1n) is 13.4. The third-order valence-electron chi connectivity index (χ3n) is 8.07. The quantitative estimate of drug-likeness (QED) is 0.523. The third-order valence-corrected chi connectivity index (χ3v) is 8.07. The van der Waals surface area contributed by atoms with Crippen LogP contribution in [0.4, 0.5) is 22.0 Å². The van der Waals surface area contributed by atoms with E-state index in [-0.39, 0.29) is 30.5 Å². The van der Waals surface area contributed by atoms with Gasteiger partial charge in [0.15, 0.2) is 0 Å². The first kappa shape index (κ1) is 25.1. The monoisotopic (exact) mass is 528 g/mol. The van der Waals surface area contributed by atoms with Crippen LogP contribution in [0.5, 0.6) is 5.75 Å². The Hall–Kier alpha value is -4.18. The topological polar surface area (TPSA) is 111 Å². The molecule has 3 aliphatic heterocycles. The van der Waals surface area contributed by atoms with Crippen molar-refractivity contribution in [2.75, 3.05) is 55.0 Å². The average Bonchev–Trinajstić information content (AvgIpc) is 3.28. The summed E-state index contributed by atoms with van der Waals surface area (Å²) in [6.07, 6.45) is 3.81. The number of benzene rings is 2. The minimum absolute atomic E-state index is 0.0138. The molecule has 6 rings (SSSR count). The second kappa shape index (κ2) is 10.5. The van der Waals surface area contributed by atoms with Crippen LogP contribution < -0.4 is 19.9 Å². The Kier molecular flexibility index (Phi) is 6.78. The van der Waals surface area contributed by atoms with Crippen LogP contribution in [0.2, 0.25) is 0 Å². The van der Waals surface area contributed by atoms with Crippen LogP contribution >= 0.6 is 0 Å². The highest BCUT2D eigenvalue weighted by Crippen LogP contribution is 2.36. The summed E-state index contributed by atoms with van der Waals surface area (Å²) < 4.78 is 5.35. The second-order valence-corrected chi connectivity index (χ2v) is 10.2. The number of ether oxygens (including phenoxy) is 1. The number of carbonyl (C=O) groups is 2. The summed E-state index contributed by atoms with van der Waals surface area (Å²) in [5.41, 5.74) is 4.04. The van der Waals surface area contributed by atoms with Crippen LogP contribution in [0.1, 0.15) is 40.4 Å². The molecule has 3 aromatic rings. The Morgan fingerprint density at radius 2 is 1.92 bits per heavy atom. The maximum atomic E-state index is 13.4. The Morgan fingerprint density at radius 1 is 1.10 bits per heavy atom. The number of anilines is 3. The predicted octanol–water partition coefficient (Wildman–Crippen LogP) is 3.28. The van der Waals surface area contributed by atoms with E-state index in [0.717, 1.165) is 60.6 Å². The van der Waals surface area contributed by atoms with Crippen molar-refractivity contribution in [3.63, 3.8) is 0 Å². The number of aliphatic hydroxyl groups excluding tert-OH is 1. The Balaban J connectivity index is 1.12. The van der Waals surface area contributed by atoms with E-state index in [2.05, 4.69) is 20.2 Å². The van der Waals surface area contributed by atoms with E-state index in [1.54, 1.807) is 18.1 Å². The van der Waals surface area contributed by atoms with Crippen LogP contribution in [0.15, 0.2) is 54.9 Å². The summed E-state index contributed by atoms with van der Waals surface area (Å²) in [6.45, 7) is 2.50. The van der Waals surface area contributed by atoms with Crippen LogP contribution in [-0.2, 0) is 6.42 Å². The molecule has 1 atom stereocenters. The second-order valence-electron chi connectivity index (χ2n) is 10.2. The highest BCUT2D eigenvalue weighted by molar-refractivity contribution is 6.06. The molecule has 1 unspecified atom stereocenters. The largest absolute Gasteiger partial charge is 0.497 e. The number of amides is 3.